The molecule has 6 heteroatoms. The number of hydrogen-bond acceptors (Lipinski definition) is 4. The number of nitrogens with zero attached hydrogens (tertiary/aromatic N) is 1. The lowest BCUT2D eigenvalue weighted by molar-refractivity contribution is -0.124. The Labute approximate surface area is 96.5 Å². The third-order valence-electron chi connectivity index (χ3n) is 2.65. The van der Waals surface area contributed by atoms with Crippen LogP contribution < -0.4 is 16.6 Å². The largest absolute Gasteiger partial charge is 0.359 e. The van der Waals surface area contributed by atoms with Crippen LogP contribution in [0.4, 0.5) is 0 Å². The molecule has 0 rings (SSSR count). The number of hydrogen-bond donors (Lipinski definition) is 3. The fourth-order valence-electron chi connectivity index (χ4n) is 1.42. The molecule has 0 heterocycles. The van der Waals surface area contributed by atoms with Gasteiger partial charge in [-0.1, -0.05) is 6.92 Å². The highest BCUT2D eigenvalue weighted by atomic mass is 16.2. The Morgan fingerprint density at radius 2 is 1.94 bits per heavy atom. The summed E-state index contributed by atoms with van der Waals surface area (Å²) in [4.78, 5) is 24.3. The second-order valence-electron chi connectivity index (χ2n) is 4.08. The minimum atomic E-state index is -0.202. The van der Waals surface area contributed by atoms with Crippen LogP contribution in [0, 0.1) is 5.92 Å². The number of carbonyl (C=O) groups is 2. The second-order valence-corrected chi connectivity index (χ2v) is 4.08. The Balaban J connectivity index is 4.09. The molecular formula is C10H22N4O2. The highest BCUT2D eigenvalue weighted by Gasteiger charge is 2.18. The molecule has 94 valence electrons. The van der Waals surface area contributed by atoms with E-state index in [1.54, 1.807) is 7.05 Å². The third kappa shape index (κ3) is 5.09. The van der Waals surface area contributed by atoms with Gasteiger partial charge in [0.15, 0.2) is 0 Å². The lowest BCUT2D eigenvalue weighted by atomic mass is 10.1. The summed E-state index contributed by atoms with van der Waals surface area (Å²) < 4.78 is 0. The van der Waals surface area contributed by atoms with Crippen LogP contribution in [0.15, 0.2) is 0 Å². The first-order valence-corrected chi connectivity index (χ1v) is 5.33. The molecule has 0 radical (unpaired) electrons. The fraction of sp³-hybridized carbons (Fsp3) is 0.800. The fourth-order valence-corrected chi connectivity index (χ4v) is 1.42. The highest BCUT2D eigenvalue weighted by molar-refractivity contribution is 5.78. The van der Waals surface area contributed by atoms with E-state index in [4.69, 9.17) is 5.84 Å². The van der Waals surface area contributed by atoms with E-state index >= 15 is 0 Å². The lowest BCUT2D eigenvalue weighted by Crippen LogP contribution is -2.41. The standard InChI is InChI=1S/C10H22N4O2/c1-7(10(16)12-3)6-14(4)8(2)5-9(15)13-11/h7-8H,5-6,11H2,1-4H3,(H,12,16)(H,13,15). The van der Waals surface area contributed by atoms with Gasteiger partial charge in [-0.3, -0.25) is 15.0 Å². The maximum atomic E-state index is 11.3. The Hall–Kier alpha value is -1.14. The Morgan fingerprint density at radius 1 is 1.38 bits per heavy atom. The summed E-state index contributed by atoms with van der Waals surface area (Å²) in [6.45, 7) is 4.38. The van der Waals surface area contributed by atoms with Gasteiger partial charge in [0.05, 0.1) is 0 Å². The van der Waals surface area contributed by atoms with Crippen molar-refractivity contribution in [2.75, 3.05) is 20.6 Å². The van der Waals surface area contributed by atoms with Crippen LogP contribution in [0.25, 0.3) is 0 Å². The van der Waals surface area contributed by atoms with Crippen molar-refractivity contribution in [2.45, 2.75) is 26.3 Å². The van der Waals surface area contributed by atoms with E-state index in [1.807, 2.05) is 25.8 Å². The Morgan fingerprint density at radius 3 is 2.38 bits per heavy atom. The second kappa shape index (κ2) is 7.19. The van der Waals surface area contributed by atoms with Gasteiger partial charge in [-0.05, 0) is 14.0 Å². The quantitative estimate of drug-likeness (QED) is 0.312. The monoisotopic (exact) mass is 230 g/mol. The van der Waals surface area contributed by atoms with E-state index in [0.717, 1.165) is 0 Å². The van der Waals surface area contributed by atoms with Crippen LogP contribution in [0.5, 0.6) is 0 Å². The molecule has 2 amide bonds. The Kier molecular flexibility index (Phi) is 6.67. The molecule has 0 aromatic carbocycles. The predicted octanol–water partition coefficient (Wildman–Crippen LogP) is -0.931. The van der Waals surface area contributed by atoms with Crippen molar-refractivity contribution in [3.05, 3.63) is 0 Å². The minimum absolute atomic E-state index is 0.00215. The molecule has 0 aliphatic heterocycles. The van der Waals surface area contributed by atoms with Crippen molar-refractivity contribution in [1.29, 1.82) is 0 Å². The molecule has 2 atom stereocenters. The lowest BCUT2D eigenvalue weighted by Gasteiger charge is -2.26. The zero-order valence-electron chi connectivity index (χ0n) is 10.4. The van der Waals surface area contributed by atoms with Gasteiger partial charge in [0.2, 0.25) is 11.8 Å². The molecule has 0 fully saturated rings. The smallest absolute Gasteiger partial charge is 0.235 e. The van der Waals surface area contributed by atoms with Gasteiger partial charge >= 0.3 is 0 Å². The van der Waals surface area contributed by atoms with Crippen molar-refractivity contribution in [3.63, 3.8) is 0 Å². The van der Waals surface area contributed by atoms with Crippen LogP contribution >= 0.6 is 0 Å². The molecule has 0 bridgehead atoms. The summed E-state index contributed by atoms with van der Waals surface area (Å²) in [6, 6.07) is 0.0515. The number of hydrazine groups is 1. The van der Waals surface area contributed by atoms with Crippen LogP contribution in [0.3, 0.4) is 0 Å². The van der Waals surface area contributed by atoms with Crippen LogP contribution in [-0.2, 0) is 9.59 Å². The molecule has 0 aliphatic carbocycles. The van der Waals surface area contributed by atoms with Gasteiger partial charge < -0.3 is 10.2 Å². The van der Waals surface area contributed by atoms with Gasteiger partial charge in [0.1, 0.15) is 0 Å². The minimum Gasteiger partial charge on any atom is -0.359 e. The summed E-state index contributed by atoms with van der Waals surface area (Å²) in [5, 5.41) is 2.60. The third-order valence-corrected chi connectivity index (χ3v) is 2.65. The number of amides is 2. The molecule has 0 saturated carbocycles. The van der Waals surface area contributed by atoms with Gasteiger partial charge in [-0.2, -0.15) is 0 Å². The van der Waals surface area contributed by atoms with Crippen molar-refractivity contribution in [3.8, 4) is 0 Å². The maximum absolute atomic E-state index is 11.3. The van der Waals surface area contributed by atoms with E-state index < -0.39 is 0 Å². The first-order valence-electron chi connectivity index (χ1n) is 5.33. The molecular weight excluding hydrogens is 208 g/mol. The number of carbonyl (C=O) groups excluding carboxylic acids is 2. The first-order chi connectivity index (χ1) is 7.42. The molecule has 4 N–H and O–H groups in total. The van der Waals surface area contributed by atoms with Gasteiger partial charge in [0, 0.05) is 32.0 Å². The average molecular weight is 230 g/mol. The van der Waals surface area contributed by atoms with Crippen LogP contribution in [-0.4, -0.2) is 43.4 Å². The summed E-state index contributed by atoms with van der Waals surface area (Å²) in [7, 11) is 3.50. The van der Waals surface area contributed by atoms with Crippen LogP contribution in [0.2, 0.25) is 0 Å². The number of nitrogens with two attached hydrogens (primary N) is 1. The van der Waals surface area contributed by atoms with E-state index in [-0.39, 0.29) is 23.8 Å². The number of nitrogens with one attached hydrogen (secondary N) is 2. The average Bonchev–Trinajstić information content (AvgIpc) is 2.27. The zero-order chi connectivity index (χ0) is 12.7. The maximum Gasteiger partial charge on any atom is 0.235 e. The van der Waals surface area contributed by atoms with E-state index in [1.165, 1.54) is 0 Å². The summed E-state index contributed by atoms with van der Waals surface area (Å²) >= 11 is 0. The summed E-state index contributed by atoms with van der Waals surface area (Å²) in [5.41, 5.74) is 2.09. The Bertz CT molecular complexity index is 245. The summed E-state index contributed by atoms with van der Waals surface area (Å²) in [6.07, 6.45) is 0.327. The van der Waals surface area contributed by atoms with E-state index in [2.05, 4.69) is 10.7 Å². The molecule has 6 nitrogen and oxygen atoms in total. The summed E-state index contributed by atoms with van der Waals surface area (Å²) in [5.74, 6) is 4.71. The molecule has 0 aliphatic rings. The molecule has 0 spiro atoms. The van der Waals surface area contributed by atoms with Gasteiger partial charge in [-0.25, -0.2) is 5.84 Å². The van der Waals surface area contributed by atoms with Crippen molar-refractivity contribution >= 4 is 11.8 Å². The molecule has 0 aromatic heterocycles. The van der Waals surface area contributed by atoms with Gasteiger partial charge in [0.25, 0.3) is 0 Å². The van der Waals surface area contributed by atoms with Crippen molar-refractivity contribution in [1.82, 2.24) is 15.6 Å². The van der Waals surface area contributed by atoms with Crippen LogP contribution in [0.1, 0.15) is 20.3 Å². The van der Waals surface area contributed by atoms with Crippen molar-refractivity contribution < 1.29 is 9.59 Å². The topological polar surface area (TPSA) is 87.5 Å². The molecule has 16 heavy (non-hydrogen) atoms. The van der Waals surface area contributed by atoms with E-state index in [9.17, 15) is 9.59 Å². The molecule has 2 unspecified atom stereocenters. The van der Waals surface area contributed by atoms with Gasteiger partial charge in [-0.15, -0.1) is 0 Å². The first kappa shape index (κ1) is 14.9. The SMILES string of the molecule is CNC(=O)C(C)CN(C)C(C)CC(=O)NN. The molecule has 0 aromatic rings. The predicted molar refractivity (Wildman–Crippen MR) is 62.3 cm³/mol. The molecule has 0 saturated heterocycles. The normalized spacial score (nSPS) is 14.4. The van der Waals surface area contributed by atoms with E-state index in [0.29, 0.717) is 13.0 Å². The number of rotatable bonds is 6. The highest BCUT2D eigenvalue weighted by Crippen LogP contribution is 2.05. The zero-order valence-corrected chi connectivity index (χ0v) is 10.4. The van der Waals surface area contributed by atoms with Crippen molar-refractivity contribution in [2.24, 2.45) is 11.8 Å².